The van der Waals surface area contributed by atoms with Gasteiger partial charge in [0.15, 0.2) is 0 Å². The third-order valence-corrected chi connectivity index (χ3v) is 7.43. The lowest BCUT2D eigenvalue weighted by Gasteiger charge is -2.11. The molecule has 0 aliphatic carbocycles. The molecule has 4 heteroatoms. The van der Waals surface area contributed by atoms with Gasteiger partial charge in [-0.1, -0.05) is 54.6 Å². The second-order valence-electron chi connectivity index (χ2n) is 9.28. The van der Waals surface area contributed by atoms with Crippen LogP contribution in [0.25, 0.3) is 60.4 Å². The van der Waals surface area contributed by atoms with E-state index in [1.54, 1.807) is 18.2 Å². The van der Waals surface area contributed by atoms with E-state index >= 15 is 0 Å². The van der Waals surface area contributed by atoms with E-state index < -0.39 is 0 Å². The van der Waals surface area contributed by atoms with Gasteiger partial charge in [0.25, 0.3) is 0 Å². The van der Waals surface area contributed by atoms with Gasteiger partial charge < -0.3 is 9.13 Å². The van der Waals surface area contributed by atoms with Gasteiger partial charge in [0.05, 0.1) is 34.3 Å². The molecule has 0 spiro atoms. The second kappa shape index (κ2) is 7.85. The van der Waals surface area contributed by atoms with E-state index in [9.17, 15) is 10.5 Å². The first-order valence-corrected chi connectivity index (χ1v) is 12.1. The fourth-order valence-corrected chi connectivity index (χ4v) is 5.81. The molecule has 0 atom stereocenters. The van der Waals surface area contributed by atoms with E-state index in [-0.39, 0.29) is 0 Å². The Morgan fingerprint density at radius 2 is 1.11 bits per heavy atom. The molecule has 0 saturated carbocycles. The smallest absolute Gasteiger partial charge is 0.0998 e. The van der Waals surface area contributed by atoms with Gasteiger partial charge in [0.2, 0.25) is 0 Å². The van der Waals surface area contributed by atoms with E-state index in [0.29, 0.717) is 16.7 Å². The van der Waals surface area contributed by atoms with Crippen molar-refractivity contribution < 1.29 is 0 Å². The Morgan fingerprint density at radius 3 is 1.78 bits per heavy atom. The van der Waals surface area contributed by atoms with Crippen molar-refractivity contribution in [2.24, 2.45) is 7.05 Å². The first kappa shape index (κ1) is 21.0. The normalized spacial score (nSPS) is 11.3. The number of para-hydroxylation sites is 2. The average molecular weight is 473 g/mol. The Hall–Kier alpha value is -5.32. The van der Waals surface area contributed by atoms with Crippen LogP contribution in [-0.2, 0) is 7.05 Å². The van der Waals surface area contributed by atoms with Gasteiger partial charge in [0.1, 0.15) is 0 Å². The molecular formula is C33H20N4. The zero-order valence-corrected chi connectivity index (χ0v) is 20.1. The molecule has 0 N–H and O–H groups in total. The lowest BCUT2D eigenvalue weighted by atomic mass is 9.95. The Bertz CT molecular complexity index is 2080. The molecule has 7 aromatic rings. The minimum atomic E-state index is 0.502. The van der Waals surface area contributed by atoms with Crippen LogP contribution in [0.5, 0.6) is 0 Å². The van der Waals surface area contributed by atoms with Crippen molar-refractivity contribution in [3.63, 3.8) is 0 Å². The SMILES string of the molecule is Cn1c2ccccc2c2c3c4ccccc4n(-c4ccc(-c5c(C#N)cccc5C#N)cc4)c3ccc21. The zero-order chi connectivity index (χ0) is 25.1. The predicted molar refractivity (Wildman–Crippen MR) is 150 cm³/mol. The molecule has 0 bridgehead atoms. The van der Waals surface area contributed by atoms with Crippen molar-refractivity contribution in [1.82, 2.24) is 9.13 Å². The van der Waals surface area contributed by atoms with Crippen LogP contribution >= 0.6 is 0 Å². The summed E-state index contributed by atoms with van der Waals surface area (Å²) in [5.41, 5.74) is 8.29. The molecule has 5 aromatic carbocycles. The number of rotatable bonds is 2. The first-order valence-electron chi connectivity index (χ1n) is 12.1. The van der Waals surface area contributed by atoms with Gasteiger partial charge in [-0.2, -0.15) is 10.5 Å². The molecule has 2 heterocycles. The quantitative estimate of drug-likeness (QED) is 0.257. The van der Waals surface area contributed by atoms with Crippen LogP contribution in [0, 0.1) is 22.7 Å². The Labute approximate surface area is 213 Å². The summed E-state index contributed by atoms with van der Waals surface area (Å²) in [5, 5.41) is 24.3. The summed E-state index contributed by atoms with van der Waals surface area (Å²) in [5.74, 6) is 0. The van der Waals surface area contributed by atoms with E-state index in [0.717, 1.165) is 22.3 Å². The Morgan fingerprint density at radius 1 is 0.541 bits per heavy atom. The number of aryl methyl sites for hydroxylation is 1. The maximum Gasteiger partial charge on any atom is 0.0998 e. The maximum absolute atomic E-state index is 9.64. The standard InChI is InChI=1S/C33H20N4/c1-36-27-11-4-2-9-25(27)32-29(36)17-18-30-33(32)26-10-3-5-12-28(26)37(30)24-15-13-21(14-16-24)31-22(19-34)7-6-8-23(31)20-35/h2-18H,1H3. The summed E-state index contributed by atoms with van der Waals surface area (Å²) >= 11 is 0. The van der Waals surface area contributed by atoms with Crippen molar-refractivity contribution in [3.8, 4) is 29.0 Å². The molecule has 4 nitrogen and oxygen atoms in total. The van der Waals surface area contributed by atoms with Crippen LogP contribution in [0.15, 0.2) is 103 Å². The fraction of sp³-hybridized carbons (Fsp3) is 0.0303. The second-order valence-corrected chi connectivity index (χ2v) is 9.28. The van der Waals surface area contributed by atoms with E-state index in [4.69, 9.17) is 0 Å². The summed E-state index contributed by atoms with van der Waals surface area (Å²) in [7, 11) is 2.13. The number of aromatic nitrogens is 2. The van der Waals surface area contributed by atoms with Gasteiger partial charge in [-0.25, -0.2) is 0 Å². The molecule has 0 saturated heterocycles. The van der Waals surface area contributed by atoms with Crippen molar-refractivity contribution in [2.45, 2.75) is 0 Å². The van der Waals surface area contributed by atoms with Gasteiger partial charge in [-0.3, -0.25) is 0 Å². The highest BCUT2D eigenvalue weighted by Gasteiger charge is 2.19. The summed E-state index contributed by atoms with van der Waals surface area (Å²) in [6, 6.07) is 39.4. The van der Waals surface area contributed by atoms with Crippen LogP contribution < -0.4 is 0 Å². The van der Waals surface area contributed by atoms with Crippen molar-refractivity contribution >= 4 is 43.6 Å². The van der Waals surface area contributed by atoms with Crippen molar-refractivity contribution in [3.05, 3.63) is 114 Å². The molecule has 0 fully saturated rings. The fourth-order valence-electron chi connectivity index (χ4n) is 5.81. The van der Waals surface area contributed by atoms with Gasteiger partial charge in [-0.05, 0) is 54.1 Å². The minimum Gasteiger partial charge on any atom is -0.344 e. The highest BCUT2D eigenvalue weighted by molar-refractivity contribution is 6.28. The number of hydrogen-bond donors (Lipinski definition) is 0. The molecule has 0 amide bonds. The number of nitriles is 2. The minimum absolute atomic E-state index is 0.502. The number of hydrogen-bond acceptors (Lipinski definition) is 2. The zero-order valence-electron chi connectivity index (χ0n) is 20.1. The van der Waals surface area contributed by atoms with Crippen molar-refractivity contribution in [2.75, 3.05) is 0 Å². The van der Waals surface area contributed by atoms with Crippen LogP contribution in [-0.4, -0.2) is 9.13 Å². The molecule has 0 aliphatic heterocycles. The van der Waals surface area contributed by atoms with Crippen LogP contribution in [0.1, 0.15) is 11.1 Å². The summed E-state index contributed by atoms with van der Waals surface area (Å²) in [4.78, 5) is 0. The lowest BCUT2D eigenvalue weighted by Crippen LogP contribution is -1.95. The summed E-state index contributed by atoms with van der Waals surface area (Å²) < 4.78 is 4.57. The largest absolute Gasteiger partial charge is 0.344 e. The van der Waals surface area contributed by atoms with Crippen LogP contribution in [0.4, 0.5) is 0 Å². The number of benzene rings is 5. The molecule has 0 aliphatic rings. The topological polar surface area (TPSA) is 57.4 Å². The van der Waals surface area contributed by atoms with E-state index in [1.165, 1.54) is 32.6 Å². The molecule has 37 heavy (non-hydrogen) atoms. The average Bonchev–Trinajstić information content (AvgIpc) is 3.45. The van der Waals surface area contributed by atoms with Crippen LogP contribution in [0.2, 0.25) is 0 Å². The van der Waals surface area contributed by atoms with Gasteiger partial charge in [0, 0.05) is 50.9 Å². The highest BCUT2D eigenvalue weighted by atomic mass is 15.0. The summed E-state index contributed by atoms with van der Waals surface area (Å²) in [6.07, 6.45) is 0. The molecule has 2 aromatic heterocycles. The maximum atomic E-state index is 9.64. The van der Waals surface area contributed by atoms with Gasteiger partial charge in [-0.15, -0.1) is 0 Å². The van der Waals surface area contributed by atoms with Crippen LogP contribution in [0.3, 0.4) is 0 Å². The number of nitrogens with zero attached hydrogens (tertiary/aromatic N) is 4. The molecule has 0 unspecified atom stereocenters. The number of fused-ring (bicyclic) bond motifs is 7. The third kappa shape index (κ3) is 2.88. The van der Waals surface area contributed by atoms with Crippen molar-refractivity contribution in [1.29, 1.82) is 10.5 Å². The molecular weight excluding hydrogens is 452 g/mol. The Kier molecular flexibility index (Phi) is 4.46. The van der Waals surface area contributed by atoms with E-state index in [2.05, 4.69) is 101 Å². The van der Waals surface area contributed by atoms with E-state index in [1.807, 2.05) is 12.1 Å². The lowest BCUT2D eigenvalue weighted by molar-refractivity contribution is 1.01. The predicted octanol–water partition coefficient (Wildman–Crippen LogP) is 7.84. The summed E-state index contributed by atoms with van der Waals surface area (Å²) in [6.45, 7) is 0. The molecule has 0 radical (unpaired) electrons. The highest BCUT2D eigenvalue weighted by Crippen LogP contribution is 2.41. The first-order chi connectivity index (χ1) is 18.2. The molecule has 172 valence electrons. The monoisotopic (exact) mass is 472 g/mol. The Balaban J connectivity index is 1.52. The van der Waals surface area contributed by atoms with Gasteiger partial charge >= 0.3 is 0 Å². The third-order valence-electron chi connectivity index (χ3n) is 7.43. The molecule has 7 rings (SSSR count).